The van der Waals surface area contributed by atoms with Crippen LogP contribution < -0.4 is 9.62 Å². The van der Waals surface area contributed by atoms with Gasteiger partial charge in [-0.2, -0.15) is 13.2 Å². The van der Waals surface area contributed by atoms with Gasteiger partial charge in [-0.05, 0) is 41.3 Å². The van der Waals surface area contributed by atoms with E-state index in [0.717, 1.165) is 17.2 Å². The van der Waals surface area contributed by atoms with Gasteiger partial charge in [-0.15, -0.1) is 10.2 Å². The summed E-state index contributed by atoms with van der Waals surface area (Å²) in [6, 6.07) is 6.56. The summed E-state index contributed by atoms with van der Waals surface area (Å²) in [6.45, 7) is 1.54. The normalized spacial score (nSPS) is 14.9. The first-order chi connectivity index (χ1) is 15.8. The zero-order valence-corrected chi connectivity index (χ0v) is 19.3. The molecule has 0 radical (unpaired) electrons. The summed E-state index contributed by atoms with van der Waals surface area (Å²) in [5.41, 5.74) is -0.468. The van der Waals surface area contributed by atoms with Crippen LogP contribution in [0.1, 0.15) is 45.7 Å². The maximum Gasteiger partial charge on any atom is 0.416 e. The number of pyridine rings is 1. The third-order valence-corrected chi connectivity index (χ3v) is 6.12. The smallest absolute Gasteiger partial charge is 0.321 e. The van der Waals surface area contributed by atoms with Gasteiger partial charge in [0.2, 0.25) is 10.0 Å². The summed E-state index contributed by atoms with van der Waals surface area (Å²) in [4.78, 5) is 18.4. The Balaban J connectivity index is 1.75. The minimum Gasteiger partial charge on any atom is -0.321 e. The largest absolute Gasteiger partial charge is 0.416 e. The molecular weight excluding hydrogens is 473 g/mol. The Hall–Kier alpha value is -3.48. The SMILES string of the molecule is CC(Cc1nncn1C)c1cc(NS(C)(=O)=O)nc(N2Cc3c(cccc3C(F)(F)F)C2=O)c1. The number of benzene rings is 1. The van der Waals surface area contributed by atoms with E-state index in [2.05, 4.69) is 19.9 Å². The predicted molar refractivity (Wildman–Crippen MR) is 118 cm³/mol. The molecule has 4 rings (SSSR count). The van der Waals surface area contributed by atoms with Gasteiger partial charge in [-0.3, -0.25) is 14.4 Å². The zero-order valence-electron chi connectivity index (χ0n) is 18.5. The number of aromatic nitrogens is 4. The van der Waals surface area contributed by atoms with Crippen LogP contribution in [0.15, 0.2) is 36.7 Å². The van der Waals surface area contributed by atoms with Gasteiger partial charge in [0.15, 0.2) is 0 Å². The number of nitrogens with one attached hydrogen (secondary N) is 1. The number of hydrogen-bond acceptors (Lipinski definition) is 6. The molecule has 13 heteroatoms. The second kappa shape index (κ2) is 8.38. The van der Waals surface area contributed by atoms with Crippen LogP contribution in [-0.2, 0) is 36.2 Å². The maximum atomic E-state index is 13.5. The molecule has 0 saturated carbocycles. The number of carbonyl (C=O) groups is 1. The van der Waals surface area contributed by atoms with Crippen LogP contribution in [0.4, 0.5) is 24.8 Å². The third kappa shape index (κ3) is 4.74. The highest BCUT2D eigenvalue weighted by Crippen LogP contribution is 2.39. The number of halogens is 3. The number of nitrogens with zero attached hydrogens (tertiary/aromatic N) is 5. The monoisotopic (exact) mass is 494 g/mol. The lowest BCUT2D eigenvalue weighted by Gasteiger charge is -2.20. The molecule has 1 aromatic carbocycles. The Morgan fingerprint density at radius 3 is 2.59 bits per heavy atom. The lowest BCUT2D eigenvalue weighted by molar-refractivity contribution is -0.138. The first kappa shape index (κ1) is 23.7. The van der Waals surface area contributed by atoms with E-state index in [0.29, 0.717) is 17.8 Å². The van der Waals surface area contributed by atoms with Crippen LogP contribution in [0.2, 0.25) is 0 Å². The van der Waals surface area contributed by atoms with E-state index in [-0.39, 0.29) is 35.2 Å². The highest BCUT2D eigenvalue weighted by Gasteiger charge is 2.40. The van der Waals surface area contributed by atoms with Crippen LogP contribution in [-0.4, -0.2) is 40.3 Å². The molecule has 0 saturated heterocycles. The average Bonchev–Trinajstić information content (AvgIpc) is 3.28. The van der Waals surface area contributed by atoms with Crippen molar-refractivity contribution in [1.82, 2.24) is 19.7 Å². The molecule has 0 bridgehead atoms. The minimum absolute atomic E-state index is 0.0420. The van der Waals surface area contributed by atoms with E-state index in [1.54, 1.807) is 24.0 Å². The molecule has 3 heterocycles. The van der Waals surface area contributed by atoms with Crippen molar-refractivity contribution in [2.45, 2.75) is 32.0 Å². The van der Waals surface area contributed by atoms with Crippen LogP contribution in [0.5, 0.6) is 0 Å². The molecule has 180 valence electrons. The number of aryl methyl sites for hydroxylation is 1. The molecule has 0 spiro atoms. The molecule has 1 unspecified atom stereocenters. The fourth-order valence-electron chi connectivity index (χ4n) is 3.87. The molecule has 34 heavy (non-hydrogen) atoms. The Labute approximate surface area is 193 Å². The number of rotatable bonds is 6. The fourth-order valence-corrected chi connectivity index (χ4v) is 4.35. The Kier molecular flexibility index (Phi) is 5.84. The van der Waals surface area contributed by atoms with E-state index >= 15 is 0 Å². The molecule has 1 amide bonds. The zero-order chi connectivity index (χ0) is 24.8. The van der Waals surface area contributed by atoms with E-state index in [9.17, 15) is 26.4 Å². The molecule has 1 aliphatic rings. The van der Waals surface area contributed by atoms with Gasteiger partial charge in [-0.25, -0.2) is 13.4 Å². The minimum atomic E-state index is -4.62. The van der Waals surface area contributed by atoms with E-state index in [1.807, 2.05) is 6.92 Å². The van der Waals surface area contributed by atoms with Crippen molar-refractivity contribution in [2.24, 2.45) is 7.05 Å². The van der Waals surface area contributed by atoms with Crippen molar-refractivity contribution >= 4 is 27.6 Å². The van der Waals surface area contributed by atoms with Crippen LogP contribution in [0.25, 0.3) is 0 Å². The number of sulfonamides is 1. The predicted octanol–water partition coefficient (Wildman–Crippen LogP) is 3.11. The highest BCUT2D eigenvalue weighted by molar-refractivity contribution is 7.92. The summed E-state index contributed by atoms with van der Waals surface area (Å²) in [5, 5.41) is 7.89. The standard InChI is InChI=1S/C21H21F3N6O3S/c1-12(7-19-27-25-11-29(19)2)13-8-17(28-34(3,32)33)26-18(9-13)30-10-15-14(20(30)31)5-4-6-16(15)21(22,23)24/h4-6,8-9,11-12H,7,10H2,1-3H3,(H,26,28). The maximum absolute atomic E-state index is 13.5. The fraction of sp³-hybridized carbons (Fsp3) is 0.333. The third-order valence-electron chi connectivity index (χ3n) is 5.54. The molecule has 2 aromatic heterocycles. The lowest BCUT2D eigenvalue weighted by atomic mass is 9.98. The number of anilines is 2. The van der Waals surface area contributed by atoms with Gasteiger partial charge in [0.25, 0.3) is 5.91 Å². The average molecular weight is 494 g/mol. The van der Waals surface area contributed by atoms with Gasteiger partial charge in [0.1, 0.15) is 23.8 Å². The van der Waals surface area contributed by atoms with E-state index < -0.39 is 27.7 Å². The lowest BCUT2D eigenvalue weighted by Crippen LogP contribution is -2.25. The van der Waals surface area contributed by atoms with Crippen LogP contribution >= 0.6 is 0 Å². The van der Waals surface area contributed by atoms with Gasteiger partial charge in [0.05, 0.1) is 18.4 Å². The first-order valence-electron chi connectivity index (χ1n) is 10.2. The Bertz CT molecular complexity index is 1370. The molecule has 0 fully saturated rings. The summed E-state index contributed by atoms with van der Waals surface area (Å²) >= 11 is 0. The van der Waals surface area contributed by atoms with Crippen molar-refractivity contribution in [2.75, 3.05) is 15.9 Å². The number of alkyl halides is 3. The molecular formula is C21H21F3N6O3S. The molecule has 1 atom stereocenters. The van der Waals surface area contributed by atoms with E-state index in [4.69, 9.17) is 0 Å². The van der Waals surface area contributed by atoms with Crippen molar-refractivity contribution in [3.63, 3.8) is 0 Å². The second-order valence-electron chi connectivity index (χ2n) is 8.20. The number of amides is 1. The molecule has 3 aromatic rings. The number of carbonyl (C=O) groups excluding carboxylic acids is 1. The van der Waals surface area contributed by atoms with Crippen molar-refractivity contribution in [3.05, 3.63) is 64.7 Å². The Morgan fingerprint density at radius 2 is 1.97 bits per heavy atom. The topological polar surface area (TPSA) is 110 Å². The van der Waals surface area contributed by atoms with Crippen LogP contribution in [0, 0.1) is 0 Å². The van der Waals surface area contributed by atoms with Gasteiger partial charge in [0, 0.05) is 19.0 Å². The summed E-state index contributed by atoms with van der Waals surface area (Å²) in [5.74, 6) is -0.155. The summed E-state index contributed by atoms with van der Waals surface area (Å²) in [7, 11) is -1.91. The highest BCUT2D eigenvalue weighted by atomic mass is 32.2. The summed E-state index contributed by atoms with van der Waals surface area (Å²) < 4.78 is 68.2. The molecule has 1 aliphatic heterocycles. The number of hydrogen-bond donors (Lipinski definition) is 1. The van der Waals surface area contributed by atoms with Gasteiger partial charge >= 0.3 is 6.18 Å². The number of fused-ring (bicyclic) bond motifs is 1. The van der Waals surface area contributed by atoms with Crippen LogP contribution in [0.3, 0.4) is 0 Å². The van der Waals surface area contributed by atoms with Crippen molar-refractivity contribution < 1.29 is 26.4 Å². The van der Waals surface area contributed by atoms with Gasteiger partial charge < -0.3 is 4.57 Å². The van der Waals surface area contributed by atoms with E-state index in [1.165, 1.54) is 18.2 Å². The quantitative estimate of drug-likeness (QED) is 0.564. The first-order valence-corrected chi connectivity index (χ1v) is 12.1. The van der Waals surface area contributed by atoms with Gasteiger partial charge in [-0.1, -0.05) is 13.0 Å². The van der Waals surface area contributed by atoms with Crippen molar-refractivity contribution in [1.29, 1.82) is 0 Å². The van der Waals surface area contributed by atoms with Crippen molar-refractivity contribution in [3.8, 4) is 0 Å². The summed E-state index contributed by atoms with van der Waals surface area (Å²) in [6.07, 6.45) is -1.67. The molecule has 9 nitrogen and oxygen atoms in total. The second-order valence-corrected chi connectivity index (χ2v) is 9.95. The molecule has 0 aliphatic carbocycles. The Morgan fingerprint density at radius 1 is 1.24 bits per heavy atom. The molecule has 1 N–H and O–H groups in total.